The largest absolute Gasteiger partial charge is 0.416 e. The fraction of sp³-hybridized carbons (Fsp3) is 0.385. The molecule has 0 radical (unpaired) electrons. The van der Waals surface area contributed by atoms with Crippen molar-refractivity contribution in [2.45, 2.75) is 38.5 Å². The van der Waals surface area contributed by atoms with Crippen molar-refractivity contribution in [1.82, 2.24) is 20.4 Å². The minimum absolute atomic E-state index is 0.0552. The van der Waals surface area contributed by atoms with E-state index in [-0.39, 0.29) is 35.2 Å². The maximum atomic E-state index is 13.3. The molecule has 2 aliphatic rings. The molecule has 3 aromatic rings. The second-order valence-corrected chi connectivity index (χ2v) is 9.55. The third-order valence-corrected chi connectivity index (χ3v) is 7.38. The van der Waals surface area contributed by atoms with Crippen molar-refractivity contribution < 1.29 is 22.4 Å². The number of hydrogen-bond donors (Lipinski definition) is 2. The summed E-state index contributed by atoms with van der Waals surface area (Å²) in [6.07, 6.45) is -0.141. The Morgan fingerprint density at radius 3 is 2.51 bits per heavy atom. The lowest BCUT2D eigenvalue weighted by Gasteiger charge is -2.32. The van der Waals surface area contributed by atoms with Crippen LogP contribution in [-0.4, -0.2) is 34.1 Å². The van der Waals surface area contributed by atoms with Crippen LogP contribution in [0.1, 0.15) is 36.0 Å². The van der Waals surface area contributed by atoms with Crippen molar-refractivity contribution >= 4 is 5.91 Å². The van der Waals surface area contributed by atoms with Gasteiger partial charge in [-0.2, -0.15) is 18.3 Å². The number of aromatic amines is 1. The van der Waals surface area contributed by atoms with Gasteiger partial charge in [0.2, 0.25) is 5.91 Å². The number of likely N-dealkylation sites (tertiary alicyclic amines) is 1. The fourth-order valence-electron chi connectivity index (χ4n) is 5.22. The van der Waals surface area contributed by atoms with Gasteiger partial charge in [0.25, 0.3) is 0 Å². The highest BCUT2D eigenvalue weighted by Crippen LogP contribution is 2.59. The number of nitrogens with one attached hydrogen (secondary N) is 2. The van der Waals surface area contributed by atoms with Gasteiger partial charge in [0, 0.05) is 30.1 Å². The van der Waals surface area contributed by atoms with Crippen molar-refractivity contribution in [1.29, 1.82) is 0 Å². The van der Waals surface area contributed by atoms with Gasteiger partial charge in [0.05, 0.1) is 17.5 Å². The molecule has 0 unspecified atom stereocenters. The molecule has 2 aromatic carbocycles. The number of nitrogens with zero attached hydrogens (tertiary/aromatic N) is 2. The van der Waals surface area contributed by atoms with Gasteiger partial charge in [-0.1, -0.05) is 18.2 Å². The number of piperidine rings is 1. The van der Waals surface area contributed by atoms with Gasteiger partial charge < -0.3 is 5.32 Å². The molecule has 1 aliphatic carbocycles. The minimum Gasteiger partial charge on any atom is -0.352 e. The second kappa shape index (κ2) is 9.11. The average Bonchev–Trinajstić information content (AvgIpc) is 3.34. The molecule has 1 atom stereocenters. The van der Waals surface area contributed by atoms with Gasteiger partial charge in [-0.05, 0) is 73.7 Å². The molecular formula is C26H26F4N4O. The standard InChI is InChI=1S/C26H26F4N4O/c27-20-7-5-17(6-8-20)23-19(15-32-33-23)16-34-11-9-25(10-12-34)13-22(25)24(35)31-14-18-3-1-2-4-21(18)26(28,29)30/h1-8,15,22H,9-14,16H2,(H,31,35)(H,32,33)/t22-/m1/s1. The summed E-state index contributed by atoms with van der Waals surface area (Å²) in [5, 5.41) is 9.89. The first-order valence-corrected chi connectivity index (χ1v) is 11.7. The van der Waals surface area contributed by atoms with Crippen LogP contribution in [0.2, 0.25) is 0 Å². The van der Waals surface area contributed by atoms with Crippen LogP contribution in [0.3, 0.4) is 0 Å². The quantitative estimate of drug-likeness (QED) is 0.474. The molecular weight excluding hydrogens is 460 g/mol. The number of carbonyl (C=O) groups is 1. The summed E-state index contributed by atoms with van der Waals surface area (Å²) in [6, 6.07) is 11.6. The average molecular weight is 487 g/mol. The highest BCUT2D eigenvalue weighted by atomic mass is 19.4. The normalized spacial score (nSPS) is 19.6. The Hall–Kier alpha value is -3.20. The van der Waals surface area contributed by atoms with Crippen molar-refractivity contribution in [3.63, 3.8) is 0 Å². The van der Waals surface area contributed by atoms with Crippen LogP contribution in [0.15, 0.2) is 54.7 Å². The number of amides is 1. The van der Waals surface area contributed by atoms with E-state index in [1.165, 1.54) is 24.3 Å². The fourth-order valence-corrected chi connectivity index (χ4v) is 5.22. The van der Waals surface area contributed by atoms with Crippen LogP contribution >= 0.6 is 0 Å². The van der Waals surface area contributed by atoms with Gasteiger partial charge in [0.1, 0.15) is 5.82 Å². The monoisotopic (exact) mass is 486 g/mol. The third-order valence-electron chi connectivity index (χ3n) is 7.38. The first kappa shape index (κ1) is 23.5. The zero-order chi connectivity index (χ0) is 24.6. The van der Waals surface area contributed by atoms with E-state index in [0.29, 0.717) is 6.54 Å². The smallest absolute Gasteiger partial charge is 0.352 e. The molecule has 2 fully saturated rings. The SMILES string of the molecule is O=C(NCc1ccccc1C(F)(F)F)[C@H]1CC12CCN(Cc1cn[nH]c1-c1ccc(F)cc1)CC2. The molecule has 1 aromatic heterocycles. The maximum absolute atomic E-state index is 13.3. The molecule has 5 rings (SSSR count). The summed E-state index contributed by atoms with van der Waals surface area (Å²) in [5.74, 6) is -0.598. The first-order chi connectivity index (χ1) is 16.7. The number of benzene rings is 2. The number of alkyl halides is 3. The third kappa shape index (κ3) is 4.96. The first-order valence-electron chi connectivity index (χ1n) is 11.7. The van der Waals surface area contributed by atoms with E-state index < -0.39 is 11.7 Å². The van der Waals surface area contributed by atoms with E-state index in [1.807, 2.05) is 0 Å². The maximum Gasteiger partial charge on any atom is 0.416 e. The van der Waals surface area contributed by atoms with E-state index in [9.17, 15) is 22.4 Å². The van der Waals surface area contributed by atoms with E-state index in [4.69, 9.17) is 0 Å². The molecule has 5 nitrogen and oxygen atoms in total. The minimum atomic E-state index is -4.44. The lowest BCUT2D eigenvalue weighted by atomic mass is 9.90. The molecule has 9 heteroatoms. The summed E-state index contributed by atoms with van der Waals surface area (Å²) in [5.41, 5.74) is 2.08. The number of carbonyl (C=O) groups excluding carboxylic acids is 1. The van der Waals surface area contributed by atoms with Gasteiger partial charge in [-0.25, -0.2) is 4.39 Å². The van der Waals surface area contributed by atoms with Crippen molar-refractivity contribution in [3.8, 4) is 11.3 Å². The molecule has 35 heavy (non-hydrogen) atoms. The van der Waals surface area contributed by atoms with Crippen LogP contribution in [0.4, 0.5) is 17.6 Å². The van der Waals surface area contributed by atoms with Crippen LogP contribution in [-0.2, 0) is 24.1 Å². The zero-order valence-corrected chi connectivity index (χ0v) is 19.0. The van der Waals surface area contributed by atoms with Gasteiger partial charge in [-0.15, -0.1) is 0 Å². The van der Waals surface area contributed by atoms with E-state index in [2.05, 4.69) is 20.4 Å². The Labute approximate surface area is 200 Å². The summed E-state index contributed by atoms with van der Waals surface area (Å²) in [7, 11) is 0. The summed E-state index contributed by atoms with van der Waals surface area (Å²) >= 11 is 0. The Morgan fingerprint density at radius 2 is 1.80 bits per heavy atom. The number of halogens is 4. The molecule has 184 valence electrons. The highest BCUT2D eigenvalue weighted by Gasteiger charge is 2.58. The summed E-state index contributed by atoms with van der Waals surface area (Å²) in [4.78, 5) is 15.0. The zero-order valence-electron chi connectivity index (χ0n) is 19.0. The Morgan fingerprint density at radius 1 is 1.09 bits per heavy atom. The predicted octanol–water partition coefficient (Wildman–Crippen LogP) is 5.15. The summed E-state index contributed by atoms with van der Waals surface area (Å²) in [6.45, 7) is 2.23. The Kier molecular flexibility index (Phi) is 6.13. The molecule has 1 aliphatic heterocycles. The van der Waals surface area contributed by atoms with E-state index in [0.717, 1.165) is 55.2 Å². The highest BCUT2D eigenvalue weighted by molar-refractivity contribution is 5.82. The van der Waals surface area contributed by atoms with Crippen LogP contribution in [0.25, 0.3) is 11.3 Å². The number of rotatable bonds is 6. The summed E-state index contributed by atoms with van der Waals surface area (Å²) < 4.78 is 52.9. The second-order valence-electron chi connectivity index (χ2n) is 9.55. The number of hydrogen-bond acceptors (Lipinski definition) is 3. The van der Waals surface area contributed by atoms with Crippen molar-refractivity contribution in [2.24, 2.45) is 11.3 Å². The molecule has 1 saturated heterocycles. The van der Waals surface area contributed by atoms with Gasteiger partial charge in [0.15, 0.2) is 0 Å². The lowest BCUT2D eigenvalue weighted by Crippen LogP contribution is -2.36. The molecule has 2 N–H and O–H groups in total. The van der Waals surface area contributed by atoms with Gasteiger partial charge in [-0.3, -0.25) is 14.8 Å². The lowest BCUT2D eigenvalue weighted by molar-refractivity contribution is -0.138. The Bertz CT molecular complexity index is 1200. The van der Waals surface area contributed by atoms with Gasteiger partial charge >= 0.3 is 6.18 Å². The molecule has 1 spiro atoms. The van der Waals surface area contributed by atoms with E-state index in [1.54, 1.807) is 24.4 Å². The molecule has 2 heterocycles. The van der Waals surface area contributed by atoms with Crippen molar-refractivity contribution in [2.75, 3.05) is 13.1 Å². The van der Waals surface area contributed by atoms with Crippen LogP contribution < -0.4 is 5.32 Å². The van der Waals surface area contributed by atoms with Crippen LogP contribution in [0, 0.1) is 17.2 Å². The number of H-pyrrole nitrogens is 1. The molecule has 1 saturated carbocycles. The molecule has 1 amide bonds. The topological polar surface area (TPSA) is 61.0 Å². The van der Waals surface area contributed by atoms with Crippen molar-refractivity contribution in [3.05, 3.63) is 77.2 Å². The predicted molar refractivity (Wildman–Crippen MR) is 122 cm³/mol. The molecule has 0 bridgehead atoms. The number of aromatic nitrogens is 2. The Balaban J connectivity index is 1.14. The van der Waals surface area contributed by atoms with Crippen LogP contribution in [0.5, 0.6) is 0 Å². The van der Waals surface area contributed by atoms with E-state index >= 15 is 0 Å².